The Kier molecular flexibility index (Phi) is 4.04. The maximum Gasteiger partial charge on any atom is 0.350 e. The number of benzene rings is 1. The van der Waals surface area contributed by atoms with E-state index >= 15 is 0 Å². The quantitative estimate of drug-likeness (QED) is 0.500. The minimum absolute atomic E-state index is 0.255. The fourth-order valence-electron chi connectivity index (χ4n) is 1.74. The molecule has 2 rings (SSSR count). The number of ether oxygens (including phenoxy) is 2. The number of carbonyl (C=O) groups excluding carboxylic acids is 2. The zero-order valence-electron chi connectivity index (χ0n) is 11.6. The highest BCUT2D eigenvalue weighted by Crippen LogP contribution is 2.27. The van der Waals surface area contributed by atoms with Crippen molar-refractivity contribution < 1.29 is 23.5 Å². The van der Waals surface area contributed by atoms with Crippen LogP contribution in [0, 0.1) is 12.7 Å². The first-order chi connectivity index (χ1) is 9.71. The molecule has 0 spiro atoms. The molecular weight excluding hydrogens is 345 g/mol. The standard InChI is InChI=1S/C14H13BrFNO4/c1-7-10(5-4-9(16)11(7)15)17-6-8-12(18)20-14(2,3)21-13(8)19/h4-6,17H,1-3H3. The van der Waals surface area contributed by atoms with Gasteiger partial charge < -0.3 is 14.8 Å². The summed E-state index contributed by atoms with van der Waals surface area (Å²) in [6.07, 6.45) is 1.19. The average Bonchev–Trinajstić information content (AvgIpc) is 2.36. The van der Waals surface area contributed by atoms with E-state index in [0.29, 0.717) is 15.7 Å². The molecule has 1 aromatic carbocycles. The van der Waals surface area contributed by atoms with Gasteiger partial charge in [0.1, 0.15) is 5.82 Å². The number of esters is 2. The smallest absolute Gasteiger partial charge is 0.350 e. The third-order valence-electron chi connectivity index (χ3n) is 2.83. The number of hydrogen-bond acceptors (Lipinski definition) is 5. The molecule has 21 heavy (non-hydrogen) atoms. The van der Waals surface area contributed by atoms with E-state index in [2.05, 4.69) is 21.2 Å². The molecule has 0 saturated carbocycles. The van der Waals surface area contributed by atoms with Crippen molar-refractivity contribution in [2.75, 3.05) is 5.32 Å². The molecule has 1 aliphatic heterocycles. The lowest BCUT2D eigenvalue weighted by Crippen LogP contribution is -2.42. The van der Waals surface area contributed by atoms with Crippen molar-refractivity contribution in [3.05, 3.63) is 39.8 Å². The van der Waals surface area contributed by atoms with E-state index in [4.69, 9.17) is 9.47 Å². The molecule has 0 unspecified atom stereocenters. The second kappa shape index (κ2) is 5.48. The van der Waals surface area contributed by atoms with Gasteiger partial charge in [0.05, 0.1) is 4.47 Å². The van der Waals surface area contributed by atoms with Crippen LogP contribution in [0.1, 0.15) is 19.4 Å². The van der Waals surface area contributed by atoms with E-state index in [1.54, 1.807) is 6.92 Å². The molecule has 5 nitrogen and oxygen atoms in total. The van der Waals surface area contributed by atoms with E-state index in [1.807, 2.05) is 0 Å². The third-order valence-corrected chi connectivity index (χ3v) is 3.80. The second-order valence-electron chi connectivity index (χ2n) is 4.92. The molecule has 7 heteroatoms. The molecule has 1 N–H and O–H groups in total. The van der Waals surface area contributed by atoms with Crippen LogP contribution in [-0.2, 0) is 19.1 Å². The lowest BCUT2D eigenvalue weighted by Gasteiger charge is -2.29. The van der Waals surface area contributed by atoms with Crippen LogP contribution in [0.25, 0.3) is 0 Å². The fraction of sp³-hybridized carbons (Fsp3) is 0.286. The summed E-state index contributed by atoms with van der Waals surface area (Å²) in [4.78, 5) is 23.5. The van der Waals surface area contributed by atoms with Gasteiger partial charge in [-0.2, -0.15) is 0 Å². The number of anilines is 1. The van der Waals surface area contributed by atoms with Gasteiger partial charge in [-0.3, -0.25) is 0 Å². The van der Waals surface area contributed by atoms with Crippen LogP contribution >= 0.6 is 15.9 Å². The number of rotatable bonds is 2. The Morgan fingerprint density at radius 1 is 1.24 bits per heavy atom. The molecular formula is C14H13BrFNO4. The summed E-state index contributed by atoms with van der Waals surface area (Å²) in [5.74, 6) is -3.23. The zero-order chi connectivity index (χ0) is 15.8. The topological polar surface area (TPSA) is 64.6 Å². The van der Waals surface area contributed by atoms with Crippen molar-refractivity contribution >= 4 is 33.6 Å². The third kappa shape index (κ3) is 3.24. The van der Waals surface area contributed by atoms with Gasteiger partial charge >= 0.3 is 11.9 Å². The van der Waals surface area contributed by atoms with E-state index in [0.717, 1.165) is 0 Å². The second-order valence-corrected chi connectivity index (χ2v) is 5.71. The molecule has 1 heterocycles. The van der Waals surface area contributed by atoms with Gasteiger partial charge in [-0.05, 0) is 40.5 Å². The van der Waals surface area contributed by atoms with Gasteiger partial charge in [0.2, 0.25) is 0 Å². The van der Waals surface area contributed by atoms with Crippen molar-refractivity contribution in [3.8, 4) is 0 Å². The highest BCUT2D eigenvalue weighted by molar-refractivity contribution is 9.10. The lowest BCUT2D eigenvalue weighted by molar-refractivity contribution is -0.222. The lowest BCUT2D eigenvalue weighted by atomic mass is 10.2. The molecule has 0 amide bonds. The molecule has 1 fully saturated rings. The molecule has 0 radical (unpaired) electrons. The SMILES string of the molecule is Cc1c(NC=C2C(=O)OC(C)(C)OC2=O)ccc(F)c1Br. The summed E-state index contributed by atoms with van der Waals surface area (Å²) in [7, 11) is 0. The van der Waals surface area contributed by atoms with Gasteiger partial charge in [0.25, 0.3) is 5.79 Å². The monoisotopic (exact) mass is 357 g/mol. The van der Waals surface area contributed by atoms with Gasteiger partial charge in [-0.15, -0.1) is 0 Å². The Balaban J connectivity index is 2.24. The van der Waals surface area contributed by atoms with Crippen molar-refractivity contribution in [1.29, 1.82) is 0 Å². The molecule has 0 aliphatic carbocycles. The van der Waals surface area contributed by atoms with Gasteiger partial charge in [-0.1, -0.05) is 0 Å². The van der Waals surface area contributed by atoms with Gasteiger partial charge in [0, 0.05) is 25.7 Å². The first kappa shape index (κ1) is 15.5. The number of nitrogens with one attached hydrogen (secondary N) is 1. The zero-order valence-corrected chi connectivity index (χ0v) is 13.2. The highest BCUT2D eigenvalue weighted by atomic mass is 79.9. The summed E-state index contributed by atoms with van der Waals surface area (Å²) in [6.45, 7) is 4.62. The van der Waals surface area contributed by atoms with Crippen molar-refractivity contribution in [3.63, 3.8) is 0 Å². The Morgan fingerprint density at radius 2 is 1.81 bits per heavy atom. The van der Waals surface area contributed by atoms with Crippen LogP contribution in [-0.4, -0.2) is 17.7 Å². The minimum atomic E-state index is -1.28. The summed E-state index contributed by atoms with van der Waals surface area (Å²) < 4.78 is 23.5. The highest BCUT2D eigenvalue weighted by Gasteiger charge is 2.38. The van der Waals surface area contributed by atoms with Crippen LogP contribution in [0.2, 0.25) is 0 Å². The number of carbonyl (C=O) groups is 2. The van der Waals surface area contributed by atoms with Crippen molar-refractivity contribution in [2.45, 2.75) is 26.6 Å². The van der Waals surface area contributed by atoms with Crippen LogP contribution in [0.3, 0.4) is 0 Å². The van der Waals surface area contributed by atoms with Gasteiger partial charge in [-0.25, -0.2) is 14.0 Å². The molecule has 0 aromatic heterocycles. The van der Waals surface area contributed by atoms with Crippen molar-refractivity contribution in [2.24, 2.45) is 0 Å². The first-order valence-electron chi connectivity index (χ1n) is 6.09. The maximum absolute atomic E-state index is 13.3. The van der Waals surface area contributed by atoms with Crippen LogP contribution in [0.5, 0.6) is 0 Å². The summed E-state index contributed by atoms with van der Waals surface area (Å²) >= 11 is 3.12. The van der Waals surface area contributed by atoms with E-state index in [-0.39, 0.29) is 5.57 Å². The minimum Gasteiger partial charge on any atom is -0.419 e. The first-order valence-corrected chi connectivity index (χ1v) is 6.88. The van der Waals surface area contributed by atoms with Crippen LogP contribution < -0.4 is 5.32 Å². The number of hydrogen-bond donors (Lipinski definition) is 1. The van der Waals surface area contributed by atoms with E-state index in [1.165, 1.54) is 32.2 Å². The number of cyclic esters (lactones) is 2. The number of halogens is 2. The van der Waals surface area contributed by atoms with Gasteiger partial charge in [0.15, 0.2) is 5.57 Å². The van der Waals surface area contributed by atoms with E-state index in [9.17, 15) is 14.0 Å². The summed E-state index contributed by atoms with van der Waals surface area (Å²) in [5, 5.41) is 2.78. The molecule has 1 aromatic rings. The Hall–Kier alpha value is -1.89. The van der Waals surface area contributed by atoms with E-state index < -0.39 is 23.5 Å². The molecule has 112 valence electrons. The van der Waals surface area contributed by atoms with Crippen LogP contribution in [0.15, 0.2) is 28.4 Å². The average molecular weight is 358 g/mol. The normalized spacial score (nSPS) is 17.1. The largest absolute Gasteiger partial charge is 0.419 e. The summed E-state index contributed by atoms with van der Waals surface area (Å²) in [5.41, 5.74) is 0.889. The molecule has 0 atom stereocenters. The maximum atomic E-state index is 13.3. The molecule has 0 bridgehead atoms. The Morgan fingerprint density at radius 3 is 2.38 bits per heavy atom. The Bertz CT molecular complexity index is 633. The fourth-order valence-corrected chi connectivity index (χ4v) is 2.08. The molecule has 1 aliphatic rings. The summed E-state index contributed by atoms with van der Waals surface area (Å²) in [6, 6.07) is 2.76. The van der Waals surface area contributed by atoms with Crippen LogP contribution in [0.4, 0.5) is 10.1 Å². The Labute approximate surface area is 129 Å². The van der Waals surface area contributed by atoms with Crippen molar-refractivity contribution in [1.82, 2.24) is 0 Å². The predicted molar refractivity (Wildman–Crippen MR) is 76.8 cm³/mol. The predicted octanol–water partition coefficient (Wildman–Crippen LogP) is 3.03. The molecule has 1 saturated heterocycles.